The third-order valence-corrected chi connectivity index (χ3v) is 4.72. The minimum Gasteiger partial charge on any atom is -0.329 e. The minimum absolute atomic E-state index is 0.601. The fourth-order valence-corrected chi connectivity index (χ4v) is 3.49. The second kappa shape index (κ2) is 4.75. The van der Waals surface area contributed by atoms with E-state index in [2.05, 4.69) is 32.3 Å². The molecule has 1 aromatic heterocycles. The van der Waals surface area contributed by atoms with Gasteiger partial charge in [-0.15, -0.1) is 11.3 Å². The summed E-state index contributed by atoms with van der Waals surface area (Å²) in [6.45, 7) is 3.05. The van der Waals surface area contributed by atoms with Crippen molar-refractivity contribution in [2.75, 3.05) is 13.1 Å². The van der Waals surface area contributed by atoms with Gasteiger partial charge in [0.1, 0.15) is 0 Å². The first-order valence-electron chi connectivity index (χ1n) is 4.97. The Morgan fingerprint density at radius 1 is 1.64 bits per heavy atom. The molecule has 1 aliphatic rings. The van der Waals surface area contributed by atoms with E-state index in [0.29, 0.717) is 6.04 Å². The van der Waals surface area contributed by atoms with Gasteiger partial charge in [-0.1, -0.05) is 0 Å². The highest BCUT2D eigenvalue weighted by atomic mass is 79.9. The zero-order valence-electron chi connectivity index (χ0n) is 8.08. The Morgan fingerprint density at radius 3 is 3.14 bits per heavy atom. The molecule has 2 rings (SSSR count). The predicted octanol–water partition coefficient (Wildman–Crippen LogP) is 2.43. The molecule has 1 atom stereocenters. The van der Waals surface area contributed by atoms with Gasteiger partial charge in [0.25, 0.3) is 0 Å². The predicted molar refractivity (Wildman–Crippen MR) is 64.5 cm³/mol. The summed E-state index contributed by atoms with van der Waals surface area (Å²) >= 11 is 5.39. The van der Waals surface area contributed by atoms with Crippen LogP contribution >= 0.6 is 27.3 Å². The van der Waals surface area contributed by atoms with E-state index in [4.69, 9.17) is 5.73 Å². The number of hydrogen-bond acceptors (Lipinski definition) is 3. The molecule has 0 bridgehead atoms. The normalized spacial score (nSPS) is 23.1. The molecule has 1 aromatic rings. The van der Waals surface area contributed by atoms with Gasteiger partial charge in [-0.2, -0.15) is 0 Å². The minimum atomic E-state index is 0.601. The van der Waals surface area contributed by atoms with E-state index >= 15 is 0 Å². The van der Waals surface area contributed by atoms with Gasteiger partial charge in [-0.3, -0.25) is 4.90 Å². The van der Waals surface area contributed by atoms with E-state index in [1.165, 1.54) is 28.7 Å². The first kappa shape index (κ1) is 10.6. The zero-order chi connectivity index (χ0) is 9.97. The SMILES string of the molecule is NCC1CCCN1Cc1sccc1Br. The van der Waals surface area contributed by atoms with Crippen LogP contribution in [0.3, 0.4) is 0 Å². The molecule has 4 heteroatoms. The molecule has 0 radical (unpaired) electrons. The Kier molecular flexibility index (Phi) is 3.60. The lowest BCUT2D eigenvalue weighted by Gasteiger charge is -2.22. The van der Waals surface area contributed by atoms with Gasteiger partial charge in [0.15, 0.2) is 0 Å². The molecule has 0 saturated carbocycles. The van der Waals surface area contributed by atoms with E-state index in [1.54, 1.807) is 0 Å². The number of nitrogens with zero attached hydrogens (tertiary/aromatic N) is 1. The third-order valence-electron chi connectivity index (χ3n) is 2.81. The maximum atomic E-state index is 5.74. The molecule has 2 heterocycles. The number of halogens is 1. The average Bonchev–Trinajstić information content (AvgIpc) is 2.77. The molecule has 2 nitrogen and oxygen atoms in total. The molecule has 1 fully saturated rings. The highest BCUT2D eigenvalue weighted by molar-refractivity contribution is 9.10. The number of nitrogens with two attached hydrogens (primary N) is 1. The van der Waals surface area contributed by atoms with Gasteiger partial charge in [0.2, 0.25) is 0 Å². The van der Waals surface area contributed by atoms with Crippen LogP contribution in [0.1, 0.15) is 17.7 Å². The lowest BCUT2D eigenvalue weighted by molar-refractivity contribution is 0.252. The first-order chi connectivity index (χ1) is 6.81. The summed E-state index contributed by atoms with van der Waals surface area (Å²) in [4.78, 5) is 3.92. The van der Waals surface area contributed by atoms with Crippen molar-refractivity contribution in [3.63, 3.8) is 0 Å². The van der Waals surface area contributed by atoms with Crippen LogP contribution in [0.5, 0.6) is 0 Å². The first-order valence-corrected chi connectivity index (χ1v) is 6.64. The summed E-state index contributed by atoms with van der Waals surface area (Å²) < 4.78 is 1.24. The highest BCUT2D eigenvalue weighted by Gasteiger charge is 2.23. The van der Waals surface area contributed by atoms with E-state index in [9.17, 15) is 0 Å². The summed E-state index contributed by atoms with van der Waals surface area (Å²) in [5, 5.41) is 2.13. The maximum Gasteiger partial charge on any atom is 0.0342 e. The molecule has 78 valence electrons. The summed E-state index contributed by atoms with van der Waals surface area (Å²) in [7, 11) is 0. The third kappa shape index (κ3) is 2.19. The van der Waals surface area contributed by atoms with Gasteiger partial charge >= 0.3 is 0 Å². The van der Waals surface area contributed by atoms with Gasteiger partial charge < -0.3 is 5.73 Å². The van der Waals surface area contributed by atoms with Crippen LogP contribution in [0, 0.1) is 0 Å². The Balaban J connectivity index is 2.00. The van der Waals surface area contributed by atoms with Crippen LogP contribution in [0.4, 0.5) is 0 Å². The average molecular weight is 275 g/mol. The summed E-state index contributed by atoms with van der Waals surface area (Å²) in [5.41, 5.74) is 5.74. The Labute approximate surface area is 97.2 Å². The van der Waals surface area contributed by atoms with Crippen LogP contribution in [0.15, 0.2) is 15.9 Å². The molecular weight excluding hydrogens is 260 g/mol. The van der Waals surface area contributed by atoms with Gasteiger partial charge in [0.05, 0.1) is 0 Å². The van der Waals surface area contributed by atoms with Crippen molar-refractivity contribution in [2.45, 2.75) is 25.4 Å². The van der Waals surface area contributed by atoms with Gasteiger partial charge in [-0.25, -0.2) is 0 Å². The Morgan fingerprint density at radius 2 is 2.50 bits per heavy atom. The topological polar surface area (TPSA) is 29.3 Å². The molecule has 1 saturated heterocycles. The van der Waals surface area contributed by atoms with E-state index in [0.717, 1.165) is 13.1 Å². The largest absolute Gasteiger partial charge is 0.329 e. The van der Waals surface area contributed by atoms with E-state index in [1.807, 2.05) is 11.3 Å². The van der Waals surface area contributed by atoms with Gasteiger partial charge in [0, 0.05) is 28.5 Å². The molecule has 0 spiro atoms. The lowest BCUT2D eigenvalue weighted by Crippen LogP contribution is -2.34. The van der Waals surface area contributed by atoms with Gasteiger partial charge in [-0.05, 0) is 46.8 Å². The standard InChI is InChI=1S/C10H15BrN2S/c11-9-3-5-14-10(9)7-13-4-1-2-8(13)6-12/h3,5,8H,1-2,4,6-7,12H2. The smallest absolute Gasteiger partial charge is 0.0342 e. The van der Waals surface area contributed by atoms with Crippen molar-refractivity contribution >= 4 is 27.3 Å². The molecule has 0 aliphatic carbocycles. The number of rotatable bonds is 3. The van der Waals surface area contributed by atoms with Crippen molar-refractivity contribution in [3.05, 3.63) is 20.8 Å². The van der Waals surface area contributed by atoms with E-state index < -0.39 is 0 Å². The van der Waals surface area contributed by atoms with Crippen LogP contribution in [-0.2, 0) is 6.54 Å². The number of thiophene rings is 1. The van der Waals surface area contributed by atoms with Crippen molar-refractivity contribution in [3.8, 4) is 0 Å². The van der Waals surface area contributed by atoms with Crippen molar-refractivity contribution in [1.29, 1.82) is 0 Å². The molecule has 1 unspecified atom stereocenters. The second-order valence-electron chi connectivity index (χ2n) is 3.69. The molecular formula is C10H15BrN2S. The number of hydrogen-bond donors (Lipinski definition) is 1. The zero-order valence-corrected chi connectivity index (χ0v) is 10.5. The Hall–Kier alpha value is 0.100. The highest BCUT2D eigenvalue weighted by Crippen LogP contribution is 2.27. The fourth-order valence-electron chi connectivity index (χ4n) is 1.99. The van der Waals surface area contributed by atoms with Crippen molar-refractivity contribution < 1.29 is 0 Å². The summed E-state index contributed by atoms with van der Waals surface area (Å²) in [6, 6.07) is 2.72. The van der Waals surface area contributed by atoms with Crippen LogP contribution in [0.2, 0.25) is 0 Å². The van der Waals surface area contributed by atoms with E-state index in [-0.39, 0.29) is 0 Å². The summed E-state index contributed by atoms with van der Waals surface area (Å²) in [5.74, 6) is 0. The number of likely N-dealkylation sites (tertiary alicyclic amines) is 1. The molecule has 1 aliphatic heterocycles. The summed E-state index contributed by atoms with van der Waals surface area (Å²) in [6.07, 6.45) is 2.56. The lowest BCUT2D eigenvalue weighted by atomic mass is 10.2. The molecule has 2 N–H and O–H groups in total. The molecule has 0 amide bonds. The fraction of sp³-hybridized carbons (Fsp3) is 0.600. The second-order valence-corrected chi connectivity index (χ2v) is 5.55. The van der Waals surface area contributed by atoms with Crippen LogP contribution in [-0.4, -0.2) is 24.0 Å². The quantitative estimate of drug-likeness (QED) is 0.918. The van der Waals surface area contributed by atoms with Crippen molar-refractivity contribution in [1.82, 2.24) is 4.90 Å². The monoisotopic (exact) mass is 274 g/mol. The Bertz CT molecular complexity index is 300. The molecule has 14 heavy (non-hydrogen) atoms. The maximum absolute atomic E-state index is 5.74. The van der Waals surface area contributed by atoms with Crippen molar-refractivity contribution in [2.24, 2.45) is 5.73 Å². The van der Waals surface area contributed by atoms with Crippen LogP contribution < -0.4 is 5.73 Å². The molecule has 0 aromatic carbocycles. The van der Waals surface area contributed by atoms with Crippen LogP contribution in [0.25, 0.3) is 0 Å².